The Bertz CT molecular complexity index is 645. The van der Waals surface area contributed by atoms with E-state index in [1.807, 2.05) is 44.2 Å². The number of amides is 1. The van der Waals surface area contributed by atoms with E-state index in [0.29, 0.717) is 10.6 Å². The van der Waals surface area contributed by atoms with Crippen LogP contribution in [0.3, 0.4) is 0 Å². The highest BCUT2D eigenvalue weighted by molar-refractivity contribution is 7.14. The first-order valence-electron chi connectivity index (χ1n) is 6.71. The fraction of sp³-hybridized carbons (Fsp3) is 0.250. The second-order valence-electron chi connectivity index (χ2n) is 4.79. The molecular weight excluding hydrogens is 282 g/mol. The van der Waals surface area contributed by atoms with Crippen molar-refractivity contribution in [2.75, 3.05) is 5.32 Å². The Morgan fingerprint density at radius 3 is 2.62 bits per heavy atom. The first kappa shape index (κ1) is 15.2. The van der Waals surface area contributed by atoms with Crippen LogP contribution >= 0.6 is 11.3 Å². The fourth-order valence-electron chi connectivity index (χ4n) is 2.00. The molecule has 0 radical (unpaired) electrons. The van der Waals surface area contributed by atoms with Gasteiger partial charge in [-0.3, -0.25) is 10.1 Å². The van der Waals surface area contributed by atoms with E-state index in [0.717, 1.165) is 5.56 Å². The van der Waals surface area contributed by atoms with Gasteiger partial charge in [-0.05, 0) is 30.9 Å². The summed E-state index contributed by atoms with van der Waals surface area (Å²) in [5.74, 6) is -0.142. The van der Waals surface area contributed by atoms with E-state index in [2.05, 4.69) is 16.7 Å². The van der Waals surface area contributed by atoms with Gasteiger partial charge in [0.05, 0.1) is 11.6 Å². The van der Waals surface area contributed by atoms with Crippen molar-refractivity contribution in [1.82, 2.24) is 5.32 Å². The van der Waals surface area contributed by atoms with Crippen LogP contribution in [0.1, 0.15) is 31.0 Å². The van der Waals surface area contributed by atoms with E-state index in [-0.39, 0.29) is 18.0 Å². The lowest BCUT2D eigenvalue weighted by Gasteiger charge is -2.19. The highest BCUT2D eigenvalue weighted by Crippen LogP contribution is 2.22. The lowest BCUT2D eigenvalue weighted by molar-refractivity contribution is -0.117. The molecule has 0 unspecified atom stereocenters. The Morgan fingerprint density at radius 1 is 1.24 bits per heavy atom. The molecule has 1 heterocycles. The largest absolute Gasteiger partial charge is 0.315 e. The average molecular weight is 299 g/mol. The molecule has 0 aliphatic heterocycles. The molecule has 1 aromatic carbocycles. The van der Waals surface area contributed by atoms with Crippen LogP contribution in [0.5, 0.6) is 0 Å². The molecule has 5 heteroatoms. The predicted molar refractivity (Wildman–Crippen MR) is 85.1 cm³/mol. The third-order valence-corrected chi connectivity index (χ3v) is 4.05. The number of nitriles is 1. The molecule has 0 aliphatic rings. The van der Waals surface area contributed by atoms with Crippen LogP contribution in [0, 0.1) is 11.3 Å². The molecular formula is C16H17N3OS. The van der Waals surface area contributed by atoms with Gasteiger partial charge in [-0.2, -0.15) is 5.26 Å². The zero-order valence-electron chi connectivity index (χ0n) is 12.0. The molecule has 1 aromatic heterocycles. The molecule has 0 aliphatic carbocycles. The molecule has 108 valence electrons. The normalized spacial score (nSPS) is 13.2. The summed E-state index contributed by atoms with van der Waals surface area (Å²) in [4.78, 5) is 12.2. The van der Waals surface area contributed by atoms with Gasteiger partial charge in [0.15, 0.2) is 0 Å². The van der Waals surface area contributed by atoms with E-state index in [1.165, 1.54) is 11.3 Å². The van der Waals surface area contributed by atoms with Gasteiger partial charge in [-0.1, -0.05) is 30.3 Å². The third kappa shape index (κ3) is 3.91. The minimum Gasteiger partial charge on any atom is -0.315 e. The van der Waals surface area contributed by atoms with Crippen LogP contribution < -0.4 is 10.6 Å². The number of nitrogens with zero attached hydrogens (tertiary/aromatic N) is 1. The van der Waals surface area contributed by atoms with Gasteiger partial charge >= 0.3 is 0 Å². The van der Waals surface area contributed by atoms with Gasteiger partial charge in [-0.15, -0.1) is 11.3 Å². The second-order valence-corrected chi connectivity index (χ2v) is 5.70. The Balaban J connectivity index is 1.96. The van der Waals surface area contributed by atoms with Crippen LogP contribution in [0.25, 0.3) is 0 Å². The number of anilines is 1. The van der Waals surface area contributed by atoms with Crippen LogP contribution in [0.2, 0.25) is 0 Å². The number of carbonyl (C=O) groups excluding carboxylic acids is 1. The standard InChI is InChI=1S/C16H17N3OS/c1-11(13-6-4-3-5-7-13)18-12(2)15(20)19-16-14(10-17)8-9-21-16/h3-9,11-12,18H,1-2H3,(H,19,20)/t11-,12+/m1/s1. The van der Waals surface area contributed by atoms with Crippen molar-refractivity contribution in [1.29, 1.82) is 5.26 Å². The summed E-state index contributed by atoms with van der Waals surface area (Å²) in [5, 5.41) is 17.4. The molecule has 4 nitrogen and oxygen atoms in total. The van der Waals surface area contributed by atoms with Crippen molar-refractivity contribution < 1.29 is 4.79 Å². The summed E-state index contributed by atoms with van der Waals surface area (Å²) in [7, 11) is 0. The zero-order chi connectivity index (χ0) is 15.2. The number of benzene rings is 1. The van der Waals surface area contributed by atoms with Gasteiger partial charge in [0.1, 0.15) is 11.1 Å². The SMILES string of the molecule is C[C@H](N[C@H](C)c1ccccc1)C(=O)Nc1sccc1C#N. The fourth-order valence-corrected chi connectivity index (χ4v) is 2.74. The van der Waals surface area contributed by atoms with Crippen molar-refractivity contribution in [2.24, 2.45) is 0 Å². The zero-order valence-corrected chi connectivity index (χ0v) is 12.8. The minimum absolute atomic E-state index is 0.0747. The first-order chi connectivity index (χ1) is 10.1. The van der Waals surface area contributed by atoms with Crippen LogP contribution in [-0.2, 0) is 4.79 Å². The number of hydrogen-bond acceptors (Lipinski definition) is 4. The van der Waals surface area contributed by atoms with E-state index >= 15 is 0 Å². The number of carbonyl (C=O) groups is 1. The van der Waals surface area contributed by atoms with Gasteiger partial charge in [0.2, 0.25) is 5.91 Å². The number of hydrogen-bond donors (Lipinski definition) is 2. The Hall–Kier alpha value is -2.16. The van der Waals surface area contributed by atoms with Crippen molar-refractivity contribution in [2.45, 2.75) is 25.9 Å². The second kappa shape index (κ2) is 7.02. The lowest BCUT2D eigenvalue weighted by Crippen LogP contribution is -2.39. The third-order valence-electron chi connectivity index (χ3n) is 3.22. The lowest BCUT2D eigenvalue weighted by atomic mass is 10.1. The topological polar surface area (TPSA) is 64.9 Å². The molecule has 0 spiro atoms. The summed E-state index contributed by atoms with van der Waals surface area (Å²) >= 11 is 1.35. The smallest absolute Gasteiger partial charge is 0.241 e. The predicted octanol–water partition coefficient (Wildman–Crippen LogP) is 3.30. The van der Waals surface area contributed by atoms with Crippen LogP contribution in [0.4, 0.5) is 5.00 Å². The Labute approximate surface area is 128 Å². The minimum atomic E-state index is -0.353. The summed E-state index contributed by atoms with van der Waals surface area (Å²) in [6.07, 6.45) is 0. The first-order valence-corrected chi connectivity index (χ1v) is 7.59. The van der Waals surface area contributed by atoms with Crippen molar-refractivity contribution >= 4 is 22.2 Å². The van der Waals surface area contributed by atoms with E-state index in [4.69, 9.17) is 5.26 Å². The van der Waals surface area contributed by atoms with E-state index in [1.54, 1.807) is 11.4 Å². The molecule has 0 fully saturated rings. The molecule has 0 bridgehead atoms. The van der Waals surface area contributed by atoms with Gasteiger partial charge < -0.3 is 5.32 Å². The van der Waals surface area contributed by atoms with E-state index in [9.17, 15) is 4.79 Å². The maximum Gasteiger partial charge on any atom is 0.241 e. The Kier molecular flexibility index (Phi) is 5.09. The number of thiophene rings is 1. The molecule has 2 N–H and O–H groups in total. The summed E-state index contributed by atoms with van der Waals surface area (Å²) < 4.78 is 0. The van der Waals surface area contributed by atoms with Crippen molar-refractivity contribution in [3.05, 3.63) is 52.9 Å². The molecule has 21 heavy (non-hydrogen) atoms. The van der Waals surface area contributed by atoms with Gasteiger partial charge in [0.25, 0.3) is 0 Å². The summed E-state index contributed by atoms with van der Waals surface area (Å²) in [6, 6.07) is 13.4. The monoisotopic (exact) mass is 299 g/mol. The summed E-state index contributed by atoms with van der Waals surface area (Å²) in [6.45, 7) is 3.83. The molecule has 1 amide bonds. The highest BCUT2D eigenvalue weighted by Gasteiger charge is 2.17. The maximum absolute atomic E-state index is 12.2. The number of rotatable bonds is 5. The van der Waals surface area contributed by atoms with Crippen molar-refractivity contribution in [3.63, 3.8) is 0 Å². The Morgan fingerprint density at radius 2 is 1.95 bits per heavy atom. The van der Waals surface area contributed by atoms with Gasteiger partial charge in [0, 0.05) is 6.04 Å². The molecule has 2 rings (SSSR count). The molecule has 2 atom stereocenters. The molecule has 0 saturated carbocycles. The quantitative estimate of drug-likeness (QED) is 0.890. The maximum atomic E-state index is 12.2. The van der Waals surface area contributed by atoms with Crippen LogP contribution in [-0.4, -0.2) is 11.9 Å². The molecule has 0 saturated heterocycles. The van der Waals surface area contributed by atoms with E-state index < -0.39 is 0 Å². The van der Waals surface area contributed by atoms with Crippen molar-refractivity contribution in [3.8, 4) is 6.07 Å². The van der Waals surface area contributed by atoms with Crippen LogP contribution in [0.15, 0.2) is 41.8 Å². The number of nitrogens with one attached hydrogen (secondary N) is 2. The molecule has 2 aromatic rings. The highest BCUT2D eigenvalue weighted by atomic mass is 32.1. The van der Waals surface area contributed by atoms with Gasteiger partial charge in [-0.25, -0.2) is 0 Å². The average Bonchev–Trinajstić information content (AvgIpc) is 2.95. The summed E-state index contributed by atoms with van der Waals surface area (Å²) in [5.41, 5.74) is 1.63.